The van der Waals surface area contributed by atoms with E-state index < -0.39 is 0 Å². The number of allylic oxidation sites excluding steroid dienone is 1. The molecule has 0 aliphatic heterocycles. The highest BCUT2D eigenvalue weighted by molar-refractivity contribution is 6.42. The van der Waals surface area contributed by atoms with E-state index in [0.717, 1.165) is 29.4 Å². The van der Waals surface area contributed by atoms with Crippen molar-refractivity contribution in [1.29, 1.82) is 0 Å². The lowest BCUT2D eigenvalue weighted by Crippen LogP contribution is -2.41. The quantitative estimate of drug-likeness (QED) is 0.325. The number of nitrogens with zero attached hydrogens (tertiary/aromatic N) is 1. The lowest BCUT2D eigenvalue weighted by Gasteiger charge is -2.28. The summed E-state index contributed by atoms with van der Waals surface area (Å²) in [6, 6.07) is 5.39. The van der Waals surface area contributed by atoms with E-state index in [1.807, 2.05) is 12.1 Å². The molecule has 0 radical (unpaired) electrons. The van der Waals surface area contributed by atoms with Gasteiger partial charge in [0, 0.05) is 0 Å². The van der Waals surface area contributed by atoms with E-state index >= 15 is 0 Å². The number of carbonyl (C=O) groups is 1. The molecule has 0 saturated heterocycles. The Labute approximate surface area is 150 Å². The summed E-state index contributed by atoms with van der Waals surface area (Å²) < 4.78 is 0.795. The highest BCUT2D eigenvalue weighted by Crippen LogP contribution is 2.23. The minimum absolute atomic E-state index is 0.0700. The number of carbonyl (C=O) groups excluding carboxylic acids is 1. The molecule has 0 saturated carbocycles. The lowest BCUT2D eigenvalue weighted by atomic mass is 9.95. The maximum absolute atomic E-state index is 12.6. The van der Waals surface area contributed by atoms with Crippen LogP contribution < -0.4 is 0 Å². The molecule has 0 aliphatic rings. The van der Waals surface area contributed by atoms with Gasteiger partial charge in [0.1, 0.15) is 0 Å². The summed E-state index contributed by atoms with van der Waals surface area (Å²) in [5.41, 5.74) is 0.894. The molecule has 1 rings (SSSR count). The SMILES string of the molecule is CCCCC[C@H](C[N+](C)(C)C)C(=O)/C=C/c1ccc(Cl)c(Cl)c1. The molecule has 0 N–H and O–H groups in total. The molecule has 1 atom stereocenters. The predicted octanol–water partition coefficient (Wildman–Crippen LogP) is 5.48. The van der Waals surface area contributed by atoms with Gasteiger partial charge in [-0.2, -0.15) is 0 Å². The van der Waals surface area contributed by atoms with Crippen LogP contribution in [0, 0.1) is 5.92 Å². The van der Waals surface area contributed by atoms with Gasteiger partial charge in [0.2, 0.25) is 0 Å². The van der Waals surface area contributed by atoms with Crippen LogP contribution in [0.15, 0.2) is 24.3 Å². The second-order valence-corrected chi connectivity index (χ2v) is 7.89. The topological polar surface area (TPSA) is 17.1 Å². The molecule has 0 amide bonds. The molecular weight excluding hydrogens is 329 g/mol. The summed E-state index contributed by atoms with van der Waals surface area (Å²) in [4.78, 5) is 12.6. The number of rotatable bonds is 9. The summed E-state index contributed by atoms with van der Waals surface area (Å²) in [6.07, 6.45) is 7.92. The maximum atomic E-state index is 12.6. The number of halogens is 2. The number of benzene rings is 1. The van der Waals surface area contributed by atoms with E-state index in [-0.39, 0.29) is 11.7 Å². The average Bonchev–Trinajstić information content (AvgIpc) is 2.46. The van der Waals surface area contributed by atoms with E-state index in [1.54, 1.807) is 18.2 Å². The Morgan fingerprint density at radius 1 is 1.17 bits per heavy atom. The Morgan fingerprint density at radius 3 is 2.43 bits per heavy atom. The van der Waals surface area contributed by atoms with Gasteiger partial charge >= 0.3 is 0 Å². The van der Waals surface area contributed by atoms with E-state index in [2.05, 4.69) is 28.1 Å². The van der Waals surface area contributed by atoms with Crippen LogP contribution in [0.3, 0.4) is 0 Å². The second kappa shape index (κ2) is 9.46. The van der Waals surface area contributed by atoms with Crippen molar-refractivity contribution >= 4 is 35.1 Å². The minimum Gasteiger partial charge on any atom is -0.330 e. The highest BCUT2D eigenvalue weighted by atomic mass is 35.5. The first-order valence-electron chi connectivity index (χ1n) is 8.20. The smallest absolute Gasteiger partial charge is 0.164 e. The van der Waals surface area contributed by atoms with Gasteiger partial charge < -0.3 is 4.48 Å². The van der Waals surface area contributed by atoms with Crippen molar-refractivity contribution in [3.63, 3.8) is 0 Å². The van der Waals surface area contributed by atoms with Gasteiger partial charge in [0.05, 0.1) is 43.7 Å². The standard InChI is InChI=1S/C19H28Cl2NO/c1-5-6-7-8-16(14-22(2,3)4)19(23)12-10-15-9-11-17(20)18(21)13-15/h9-13,16H,5-8,14H2,1-4H3/q+1/b12-10+/t16-/m1/s1. The number of hydrogen-bond acceptors (Lipinski definition) is 1. The van der Waals surface area contributed by atoms with E-state index in [4.69, 9.17) is 23.2 Å². The number of unbranched alkanes of at least 4 members (excludes halogenated alkanes) is 2. The molecule has 0 aliphatic carbocycles. The molecule has 1 aromatic rings. The van der Waals surface area contributed by atoms with E-state index in [1.165, 1.54) is 12.8 Å². The fourth-order valence-electron chi connectivity index (χ4n) is 2.56. The van der Waals surface area contributed by atoms with Crippen LogP contribution in [0.4, 0.5) is 0 Å². The second-order valence-electron chi connectivity index (χ2n) is 7.07. The van der Waals surface area contributed by atoms with Crippen LogP contribution in [0.5, 0.6) is 0 Å². The summed E-state index contributed by atoms with van der Waals surface area (Å²) >= 11 is 11.9. The molecule has 0 fully saturated rings. The van der Waals surface area contributed by atoms with Gasteiger partial charge in [-0.25, -0.2) is 0 Å². The molecule has 2 nitrogen and oxygen atoms in total. The minimum atomic E-state index is 0.0700. The monoisotopic (exact) mass is 356 g/mol. The molecule has 1 aromatic carbocycles. The van der Waals surface area contributed by atoms with Crippen LogP contribution in [-0.2, 0) is 4.79 Å². The first kappa shape index (κ1) is 20.2. The fraction of sp³-hybridized carbons (Fsp3) is 0.526. The van der Waals surface area contributed by atoms with Gasteiger partial charge in [-0.1, -0.05) is 61.5 Å². The zero-order chi connectivity index (χ0) is 17.5. The molecule has 128 valence electrons. The third-order valence-electron chi connectivity index (χ3n) is 3.71. The van der Waals surface area contributed by atoms with Crippen molar-refractivity contribution in [1.82, 2.24) is 0 Å². The van der Waals surface area contributed by atoms with Gasteiger partial charge in [0.15, 0.2) is 5.78 Å². The third-order valence-corrected chi connectivity index (χ3v) is 4.45. The summed E-state index contributed by atoms with van der Waals surface area (Å²) in [6.45, 7) is 3.04. The summed E-state index contributed by atoms with van der Waals surface area (Å²) in [7, 11) is 6.38. The Balaban J connectivity index is 2.77. The molecule has 23 heavy (non-hydrogen) atoms. The van der Waals surface area contributed by atoms with Gasteiger partial charge in [0.25, 0.3) is 0 Å². The van der Waals surface area contributed by atoms with Crippen molar-refractivity contribution in [2.75, 3.05) is 27.7 Å². The first-order chi connectivity index (χ1) is 10.7. The van der Waals surface area contributed by atoms with E-state index in [0.29, 0.717) is 10.0 Å². The number of hydrogen-bond donors (Lipinski definition) is 0. The van der Waals surface area contributed by atoms with Crippen molar-refractivity contribution in [3.8, 4) is 0 Å². The van der Waals surface area contributed by atoms with Crippen molar-refractivity contribution < 1.29 is 9.28 Å². The van der Waals surface area contributed by atoms with E-state index in [9.17, 15) is 4.79 Å². The van der Waals surface area contributed by atoms with Crippen LogP contribution in [0.1, 0.15) is 38.2 Å². The van der Waals surface area contributed by atoms with Crippen molar-refractivity contribution in [2.45, 2.75) is 32.6 Å². The van der Waals surface area contributed by atoms with Crippen LogP contribution in [0.2, 0.25) is 10.0 Å². The fourth-order valence-corrected chi connectivity index (χ4v) is 2.86. The van der Waals surface area contributed by atoms with Crippen LogP contribution >= 0.6 is 23.2 Å². The van der Waals surface area contributed by atoms with Crippen molar-refractivity contribution in [3.05, 3.63) is 39.9 Å². The Morgan fingerprint density at radius 2 is 1.87 bits per heavy atom. The van der Waals surface area contributed by atoms with Gasteiger partial charge in [-0.05, 0) is 30.2 Å². The first-order valence-corrected chi connectivity index (χ1v) is 8.96. The van der Waals surface area contributed by atoms with Crippen LogP contribution in [0.25, 0.3) is 6.08 Å². The molecule has 0 spiro atoms. The molecule has 4 heteroatoms. The number of quaternary nitrogens is 1. The largest absolute Gasteiger partial charge is 0.330 e. The van der Waals surface area contributed by atoms with Gasteiger partial charge in [-0.3, -0.25) is 4.79 Å². The number of ketones is 1. The summed E-state index contributed by atoms with van der Waals surface area (Å²) in [5, 5.41) is 1.03. The zero-order valence-corrected chi connectivity index (χ0v) is 16.1. The highest BCUT2D eigenvalue weighted by Gasteiger charge is 2.23. The Kier molecular flexibility index (Phi) is 8.32. The molecule has 0 aromatic heterocycles. The van der Waals surface area contributed by atoms with Gasteiger partial charge in [-0.15, -0.1) is 0 Å². The van der Waals surface area contributed by atoms with Crippen LogP contribution in [-0.4, -0.2) is 38.0 Å². The molecule has 0 bridgehead atoms. The molecular formula is C19H28Cl2NO+. The third kappa shape index (κ3) is 8.01. The molecule has 0 heterocycles. The predicted molar refractivity (Wildman–Crippen MR) is 101 cm³/mol. The Bertz CT molecular complexity index is 547. The maximum Gasteiger partial charge on any atom is 0.164 e. The molecule has 0 unspecified atom stereocenters. The lowest BCUT2D eigenvalue weighted by molar-refractivity contribution is -0.872. The van der Waals surface area contributed by atoms with Crippen molar-refractivity contribution in [2.24, 2.45) is 5.92 Å². The average molecular weight is 357 g/mol. The zero-order valence-electron chi connectivity index (χ0n) is 14.6. The normalized spacial score (nSPS) is 13.5. The summed E-state index contributed by atoms with van der Waals surface area (Å²) in [5.74, 6) is 0.265. The Hall–Kier alpha value is -0.830.